The van der Waals surface area contributed by atoms with Gasteiger partial charge in [0.2, 0.25) is 0 Å². The molecule has 0 atom stereocenters. The second kappa shape index (κ2) is 8.09. The number of rotatable bonds is 8. The van der Waals surface area contributed by atoms with Gasteiger partial charge >= 0.3 is 0 Å². The lowest BCUT2D eigenvalue weighted by atomic mass is 10.1. The molecule has 0 fully saturated rings. The number of hydrogen-bond acceptors (Lipinski definition) is 3. The maximum atomic E-state index is 8.74. The highest BCUT2D eigenvalue weighted by Crippen LogP contribution is 2.13. The lowest BCUT2D eigenvalue weighted by Gasteiger charge is -2.10. The van der Waals surface area contributed by atoms with E-state index in [1.807, 2.05) is 12.1 Å². The van der Waals surface area contributed by atoms with E-state index < -0.39 is 0 Å². The number of benzene rings is 1. The third-order valence-electron chi connectivity index (χ3n) is 2.57. The van der Waals surface area contributed by atoms with Crippen LogP contribution in [0.5, 0.6) is 5.75 Å². The fraction of sp³-hybridized carbons (Fsp3) is 0.571. The molecule has 1 aromatic carbocycles. The molecule has 0 radical (unpaired) electrons. The van der Waals surface area contributed by atoms with E-state index in [1.54, 1.807) is 0 Å². The second-order valence-electron chi connectivity index (χ2n) is 4.48. The normalized spacial score (nSPS) is 10.8. The summed E-state index contributed by atoms with van der Waals surface area (Å²) in [6, 6.07) is 8.14. The van der Waals surface area contributed by atoms with Crippen LogP contribution in [0.4, 0.5) is 0 Å². The van der Waals surface area contributed by atoms with Gasteiger partial charge in [0.05, 0.1) is 6.61 Å². The van der Waals surface area contributed by atoms with Gasteiger partial charge in [-0.3, -0.25) is 0 Å². The number of aliphatic hydroxyl groups excluding tert-OH is 1. The highest BCUT2D eigenvalue weighted by atomic mass is 16.5. The molecule has 0 spiro atoms. The van der Waals surface area contributed by atoms with Crippen molar-refractivity contribution >= 4 is 0 Å². The Morgan fingerprint density at radius 3 is 2.41 bits per heavy atom. The fourth-order valence-electron chi connectivity index (χ4n) is 1.61. The van der Waals surface area contributed by atoms with Gasteiger partial charge in [-0.1, -0.05) is 12.1 Å². The van der Waals surface area contributed by atoms with E-state index in [2.05, 4.69) is 31.1 Å². The molecule has 3 heteroatoms. The maximum Gasteiger partial charge on any atom is 0.119 e. The van der Waals surface area contributed by atoms with Crippen molar-refractivity contribution in [3.8, 4) is 5.75 Å². The van der Waals surface area contributed by atoms with Crippen molar-refractivity contribution in [1.29, 1.82) is 0 Å². The summed E-state index contributed by atoms with van der Waals surface area (Å²) < 4.78 is 5.64. The van der Waals surface area contributed by atoms with Gasteiger partial charge in [-0.2, -0.15) is 0 Å². The van der Waals surface area contributed by atoms with Gasteiger partial charge in [-0.05, 0) is 51.1 Å². The van der Waals surface area contributed by atoms with Crippen molar-refractivity contribution in [3.63, 3.8) is 0 Å². The van der Waals surface area contributed by atoms with E-state index in [-0.39, 0.29) is 6.61 Å². The summed E-state index contributed by atoms with van der Waals surface area (Å²) in [6.07, 6.45) is 2.79. The minimum absolute atomic E-state index is 0.253. The third kappa shape index (κ3) is 6.29. The molecule has 0 bridgehead atoms. The summed E-state index contributed by atoms with van der Waals surface area (Å²) in [5, 5.41) is 8.74. The van der Waals surface area contributed by atoms with Gasteiger partial charge in [0.15, 0.2) is 0 Å². The quantitative estimate of drug-likeness (QED) is 0.701. The molecule has 0 amide bonds. The Kier molecular flexibility index (Phi) is 6.67. The topological polar surface area (TPSA) is 32.7 Å². The number of aliphatic hydroxyl groups is 1. The first-order valence-corrected chi connectivity index (χ1v) is 6.19. The van der Waals surface area contributed by atoms with E-state index in [9.17, 15) is 0 Å². The van der Waals surface area contributed by atoms with Gasteiger partial charge in [-0.25, -0.2) is 0 Å². The van der Waals surface area contributed by atoms with Crippen molar-refractivity contribution in [2.45, 2.75) is 19.3 Å². The fourth-order valence-corrected chi connectivity index (χ4v) is 1.61. The maximum absolute atomic E-state index is 8.74. The van der Waals surface area contributed by atoms with Crippen LogP contribution in [0.25, 0.3) is 0 Å². The van der Waals surface area contributed by atoms with E-state index in [0.29, 0.717) is 0 Å². The predicted molar refractivity (Wildman–Crippen MR) is 70.5 cm³/mol. The van der Waals surface area contributed by atoms with Crippen LogP contribution in [0.15, 0.2) is 24.3 Å². The monoisotopic (exact) mass is 237 g/mol. The first-order chi connectivity index (χ1) is 8.22. The molecule has 0 aliphatic rings. The Labute approximate surface area is 104 Å². The van der Waals surface area contributed by atoms with Gasteiger partial charge in [0.1, 0.15) is 5.75 Å². The van der Waals surface area contributed by atoms with Crippen LogP contribution in [0.1, 0.15) is 18.4 Å². The van der Waals surface area contributed by atoms with Crippen LogP contribution < -0.4 is 4.74 Å². The van der Waals surface area contributed by atoms with E-state index in [1.165, 1.54) is 5.56 Å². The van der Waals surface area contributed by atoms with Crippen molar-refractivity contribution in [2.24, 2.45) is 0 Å². The second-order valence-corrected chi connectivity index (χ2v) is 4.48. The zero-order valence-electron chi connectivity index (χ0n) is 10.9. The van der Waals surface area contributed by atoms with Crippen molar-refractivity contribution < 1.29 is 9.84 Å². The number of hydrogen-bond donors (Lipinski definition) is 1. The first kappa shape index (κ1) is 14.0. The minimum Gasteiger partial charge on any atom is -0.494 e. The molecule has 0 saturated carbocycles. The van der Waals surface area contributed by atoms with E-state index in [4.69, 9.17) is 9.84 Å². The largest absolute Gasteiger partial charge is 0.494 e. The Hall–Kier alpha value is -1.06. The average molecular weight is 237 g/mol. The summed E-state index contributed by atoms with van der Waals surface area (Å²) in [7, 11) is 4.13. The van der Waals surface area contributed by atoms with Crippen LogP contribution in [0.3, 0.4) is 0 Å². The molecule has 0 saturated heterocycles. The zero-order valence-corrected chi connectivity index (χ0v) is 10.9. The Morgan fingerprint density at radius 2 is 1.82 bits per heavy atom. The predicted octanol–water partition coefficient (Wildman–Crippen LogP) is 1.94. The standard InChI is InChI=1S/C14H23NO2/c1-15(2)10-4-12-17-14-8-6-13(7-9-14)5-3-11-16/h6-9,16H,3-5,10-12H2,1-2H3. The highest BCUT2D eigenvalue weighted by molar-refractivity contribution is 5.27. The molecule has 1 N–H and O–H groups in total. The van der Waals surface area contributed by atoms with Gasteiger partial charge in [0.25, 0.3) is 0 Å². The van der Waals surface area contributed by atoms with Crippen molar-refractivity contribution in [1.82, 2.24) is 4.90 Å². The van der Waals surface area contributed by atoms with Gasteiger partial charge in [0, 0.05) is 13.2 Å². The summed E-state index contributed by atoms with van der Waals surface area (Å²) in [4.78, 5) is 2.15. The van der Waals surface area contributed by atoms with Crippen LogP contribution in [0, 0.1) is 0 Å². The Morgan fingerprint density at radius 1 is 1.12 bits per heavy atom. The average Bonchev–Trinajstić information content (AvgIpc) is 2.33. The molecule has 0 unspecified atom stereocenters. The molecule has 1 rings (SSSR count). The number of aryl methyl sites for hydroxylation is 1. The molecule has 96 valence electrons. The van der Waals surface area contributed by atoms with E-state index in [0.717, 1.165) is 38.2 Å². The summed E-state index contributed by atoms with van der Waals surface area (Å²) in [5.41, 5.74) is 1.25. The molecular weight excluding hydrogens is 214 g/mol. The molecular formula is C14H23NO2. The van der Waals surface area contributed by atoms with Crippen LogP contribution in [-0.4, -0.2) is 43.9 Å². The molecule has 0 aliphatic carbocycles. The summed E-state index contributed by atoms with van der Waals surface area (Å²) in [5.74, 6) is 0.927. The van der Waals surface area contributed by atoms with Crippen LogP contribution >= 0.6 is 0 Å². The molecule has 17 heavy (non-hydrogen) atoms. The SMILES string of the molecule is CN(C)CCCOc1ccc(CCCO)cc1. The highest BCUT2D eigenvalue weighted by Gasteiger charge is 1.96. The van der Waals surface area contributed by atoms with Crippen LogP contribution in [-0.2, 0) is 6.42 Å². The van der Waals surface area contributed by atoms with E-state index >= 15 is 0 Å². The smallest absolute Gasteiger partial charge is 0.119 e. The molecule has 0 aliphatic heterocycles. The minimum atomic E-state index is 0.253. The van der Waals surface area contributed by atoms with Gasteiger partial charge in [-0.15, -0.1) is 0 Å². The third-order valence-corrected chi connectivity index (χ3v) is 2.57. The molecule has 0 aromatic heterocycles. The Balaban J connectivity index is 2.25. The first-order valence-electron chi connectivity index (χ1n) is 6.19. The number of ether oxygens (including phenoxy) is 1. The van der Waals surface area contributed by atoms with Crippen molar-refractivity contribution in [2.75, 3.05) is 33.9 Å². The van der Waals surface area contributed by atoms with Gasteiger partial charge < -0.3 is 14.7 Å². The molecule has 3 nitrogen and oxygen atoms in total. The Bertz CT molecular complexity index is 296. The van der Waals surface area contributed by atoms with Crippen LogP contribution in [0.2, 0.25) is 0 Å². The lowest BCUT2D eigenvalue weighted by molar-refractivity contribution is 0.281. The lowest BCUT2D eigenvalue weighted by Crippen LogP contribution is -2.15. The molecule has 1 aromatic rings. The molecule has 0 heterocycles. The number of nitrogens with zero attached hydrogens (tertiary/aromatic N) is 1. The summed E-state index contributed by atoms with van der Waals surface area (Å²) in [6.45, 7) is 2.06. The van der Waals surface area contributed by atoms with Crippen molar-refractivity contribution in [3.05, 3.63) is 29.8 Å². The summed E-state index contributed by atoms with van der Waals surface area (Å²) >= 11 is 0. The zero-order chi connectivity index (χ0) is 12.5.